The van der Waals surface area contributed by atoms with Crippen LogP contribution >= 0.6 is 0 Å². The second-order valence-electron chi connectivity index (χ2n) is 12.3. The number of hydrogen-bond acceptors (Lipinski definition) is 8. The van der Waals surface area contributed by atoms with E-state index in [0.29, 0.717) is 23.9 Å². The molecule has 0 aliphatic carbocycles. The summed E-state index contributed by atoms with van der Waals surface area (Å²) < 4.78 is 63.7. The van der Waals surface area contributed by atoms with Crippen LogP contribution in [0.1, 0.15) is 80.7 Å². The number of rotatable bonds is 11. The number of carbonyl (C=O) groups is 3. The number of ketones is 1. The molecule has 258 valence electrons. The van der Waals surface area contributed by atoms with Crippen LogP contribution in [-0.2, 0) is 31.8 Å². The predicted octanol–water partition coefficient (Wildman–Crippen LogP) is 8.08. The molecule has 0 radical (unpaired) electrons. The number of alkyl halides is 3. The SMILES string of the molecule is CCOc1cc(NC(=O)OC(C)(C)C)c(NC(=O)CC(=O)c2cccc(-c3cc(C)nc(COC4CCCCO4)c3)c2)cc1C(F)(F)F. The number of aryl methyl sites for hydroxylation is 1. The molecule has 0 saturated carbocycles. The van der Waals surface area contributed by atoms with E-state index in [9.17, 15) is 27.6 Å². The monoisotopic (exact) mass is 671 g/mol. The van der Waals surface area contributed by atoms with Crippen molar-refractivity contribution in [1.82, 2.24) is 4.98 Å². The average molecular weight is 672 g/mol. The van der Waals surface area contributed by atoms with Gasteiger partial charge in [-0.3, -0.25) is 19.9 Å². The minimum absolute atomic E-state index is 0.0855. The molecule has 2 N–H and O–H groups in total. The first-order valence-electron chi connectivity index (χ1n) is 15.6. The largest absolute Gasteiger partial charge is 0.493 e. The van der Waals surface area contributed by atoms with Gasteiger partial charge >= 0.3 is 12.3 Å². The van der Waals surface area contributed by atoms with Gasteiger partial charge in [0.25, 0.3) is 0 Å². The van der Waals surface area contributed by atoms with Gasteiger partial charge in [-0.15, -0.1) is 0 Å². The van der Waals surface area contributed by atoms with E-state index >= 15 is 0 Å². The van der Waals surface area contributed by atoms with Crippen molar-refractivity contribution < 1.29 is 46.5 Å². The Bertz CT molecular complexity index is 1630. The first-order valence-corrected chi connectivity index (χ1v) is 15.6. The zero-order chi connectivity index (χ0) is 35.1. The Morgan fingerprint density at radius 3 is 2.40 bits per heavy atom. The Balaban J connectivity index is 1.52. The Labute approximate surface area is 277 Å². The van der Waals surface area contributed by atoms with E-state index < -0.39 is 47.3 Å². The number of Topliss-reactive ketones (excluding diaryl/α,β-unsaturated/α-hetero) is 1. The van der Waals surface area contributed by atoms with E-state index in [1.54, 1.807) is 39.0 Å². The van der Waals surface area contributed by atoms with Crippen LogP contribution in [0, 0.1) is 6.92 Å². The zero-order valence-corrected chi connectivity index (χ0v) is 27.6. The van der Waals surface area contributed by atoms with E-state index in [-0.39, 0.29) is 36.4 Å². The number of anilines is 2. The number of amides is 2. The zero-order valence-electron chi connectivity index (χ0n) is 27.6. The Kier molecular flexibility index (Phi) is 11.8. The quantitative estimate of drug-likeness (QED) is 0.155. The first-order chi connectivity index (χ1) is 22.6. The van der Waals surface area contributed by atoms with Gasteiger partial charge in [-0.05, 0) is 89.3 Å². The molecule has 10 nitrogen and oxygen atoms in total. The van der Waals surface area contributed by atoms with E-state index in [1.165, 1.54) is 6.92 Å². The van der Waals surface area contributed by atoms with Crippen LogP contribution < -0.4 is 15.4 Å². The lowest BCUT2D eigenvalue weighted by Gasteiger charge is -2.22. The van der Waals surface area contributed by atoms with Crippen molar-refractivity contribution in [2.45, 2.75) is 85.0 Å². The second kappa shape index (κ2) is 15.6. The highest BCUT2D eigenvalue weighted by Crippen LogP contribution is 2.41. The molecule has 2 aromatic carbocycles. The van der Waals surface area contributed by atoms with Crippen LogP contribution in [0.15, 0.2) is 48.5 Å². The van der Waals surface area contributed by atoms with Crippen molar-refractivity contribution in [2.24, 2.45) is 0 Å². The molecule has 3 aromatic rings. The Hall–Kier alpha value is -4.49. The number of pyridine rings is 1. The van der Waals surface area contributed by atoms with E-state index in [1.807, 2.05) is 25.1 Å². The second-order valence-corrected chi connectivity index (χ2v) is 12.3. The van der Waals surface area contributed by atoms with Gasteiger partial charge in [0.05, 0.1) is 42.3 Å². The fraction of sp³-hybridized carbons (Fsp3) is 0.429. The summed E-state index contributed by atoms with van der Waals surface area (Å²) in [7, 11) is 0. The maximum Gasteiger partial charge on any atom is 0.420 e. The molecule has 1 aromatic heterocycles. The maximum atomic E-state index is 13.9. The fourth-order valence-corrected chi connectivity index (χ4v) is 5.01. The van der Waals surface area contributed by atoms with Gasteiger partial charge in [0, 0.05) is 23.9 Å². The molecule has 1 fully saturated rings. The van der Waals surface area contributed by atoms with Gasteiger partial charge in [0.15, 0.2) is 12.1 Å². The van der Waals surface area contributed by atoms with E-state index in [4.69, 9.17) is 18.9 Å². The molecule has 13 heteroatoms. The normalized spacial score (nSPS) is 15.0. The predicted molar refractivity (Wildman–Crippen MR) is 173 cm³/mol. The summed E-state index contributed by atoms with van der Waals surface area (Å²) in [4.78, 5) is 43.3. The maximum absolute atomic E-state index is 13.9. The van der Waals surface area contributed by atoms with E-state index in [0.717, 1.165) is 36.6 Å². The third-order valence-electron chi connectivity index (χ3n) is 7.04. The minimum atomic E-state index is -4.84. The van der Waals surface area contributed by atoms with Crippen LogP contribution in [0.25, 0.3) is 11.1 Å². The van der Waals surface area contributed by atoms with Gasteiger partial charge in [-0.1, -0.05) is 18.2 Å². The molecule has 1 aliphatic heterocycles. The number of nitrogens with one attached hydrogen (secondary N) is 2. The lowest BCUT2D eigenvalue weighted by molar-refractivity contribution is -0.169. The van der Waals surface area contributed by atoms with Crippen LogP contribution in [0.2, 0.25) is 0 Å². The molecule has 48 heavy (non-hydrogen) atoms. The van der Waals surface area contributed by atoms with Crippen LogP contribution in [0.4, 0.5) is 29.3 Å². The number of nitrogens with zero attached hydrogens (tertiary/aromatic N) is 1. The van der Waals surface area contributed by atoms with Crippen molar-refractivity contribution in [1.29, 1.82) is 0 Å². The Morgan fingerprint density at radius 2 is 1.73 bits per heavy atom. The molecule has 0 bridgehead atoms. The lowest BCUT2D eigenvalue weighted by Crippen LogP contribution is -2.28. The standard InChI is InChI=1S/C35H40F3N3O7/c1-6-45-30-18-28(41-33(44)48-34(3,4)5)27(17-26(30)35(36,37)38)40-31(43)19-29(42)23-11-9-10-22(15-23)24-14-21(2)39-25(16-24)20-47-32-12-7-8-13-46-32/h9-11,14-18,32H,6-8,12-13,19-20H2,1-5H3,(H,40,43)(H,41,44). The summed E-state index contributed by atoms with van der Waals surface area (Å²) in [6.45, 7) is 9.03. The lowest BCUT2D eigenvalue weighted by atomic mass is 9.99. The summed E-state index contributed by atoms with van der Waals surface area (Å²) in [5, 5.41) is 4.71. The first kappa shape index (κ1) is 36.3. The van der Waals surface area contributed by atoms with Gasteiger partial charge in [0.1, 0.15) is 11.4 Å². The number of hydrogen-bond donors (Lipinski definition) is 2. The van der Waals surface area contributed by atoms with E-state index in [2.05, 4.69) is 15.6 Å². The van der Waals surface area contributed by atoms with Crippen molar-refractivity contribution >= 4 is 29.2 Å². The number of aromatic nitrogens is 1. The number of benzene rings is 2. The van der Waals surface area contributed by atoms with Crippen molar-refractivity contribution in [2.75, 3.05) is 23.8 Å². The molecule has 4 rings (SSSR count). The number of ether oxygens (including phenoxy) is 4. The summed E-state index contributed by atoms with van der Waals surface area (Å²) in [5.41, 5.74) is 0.490. The molecule has 2 amide bonds. The Morgan fingerprint density at radius 1 is 0.979 bits per heavy atom. The van der Waals surface area contributed by atoms with Gasteiger partial charge in [0.2, 0.25) is 5.91 Å². The highest BCUT2D eigenvalue weighted by Gasteiger charge is 2.36. The van der Waals surface area contributed by atoms with Crippen LogP contribution in [0.3, 0.4) is 0 Å². The van der Waals surface area contributed by atoms with Gasteiger partial charge in [-0.25, -0.2) is 4.79 Å². The smallest absolute Gasteiger partial charge is 0.420 e. The fourth-order valence-electron chi connectivity index (χ4n) is 5.01. The van der Waals surface area contributed by atoms with Crippen molar-refractivity contribution in [3.63, 3.8) is 0 Å². The third-order valence-corrected chi connectivity index (χ3v) is 7.04. The molecular formula is C35H40F3N3O7. The molecular weight excluding hydrogens is 631 g/mol. The van der Waals surface area contributed by atoms with Gasteiger partial charge < -0.3 is 24.3 Å². The molecule has 1 saturated heterocycles. The number of halogens is 3. The van der Waals surface area contributed by atoms with Gasteiger partial charge in [-0.2, -0.15) is 13.2 Å². The summed E-state index contributed by atoms with van der Waals surface area (Å²) in [6, 6.07) is 12.0. The topological polar surface area (TPSA) is 125 Å². The molecule has 2 heterocycles. The number of carbonyl (C=O) groups excluding carboxylic acids is 3. The van der Waals surface area contributed by atoms with Crippen LogP contribution in [0.5, 0.6) is 5.75 Å². The minimum Gasteiger partial charge on any atom is -0.493 e. The average Bonchev–Trinajstić information content (AvgIpc) is 3.00. The highest BCUT2D eigenvalue weighted by molar-refractivity contribution is 6.12. The van der Waals surface area contributed by atoms with Crippen molar-refractivity contribution in [3.05, 3.63) is 71.0 Å². The molecule has 1 atom stereocenters. The molecule has 1 aliphatic rings. The van der Waals surface area contributed by atoms with Crippen molar-refractivity contribution in [3.8, 4) is 16.9 Å². The van der Waals surface area contributed by atoms with Crippen LogP contribution in [-0.4, -0.2) is 47.9 Å². The highest BCUT2D eigenvalue weighted by atomic mass is 19.4. The third kappa shape index (κ3) is 10.5. The molecule has 1 unspecified atom stereocenters. The summed E-state index contributed by atoms with van der Waals surface area (Å²) >= 11 is 0. The summed E-state index contributed by atoms with van der Waals surface area (Å²) in [5.74, 6) is -2.01. The summed E-state index contributed by atoms with van der Waals surface area (Å²) in [6.07, 6.45) is -3.89. The molecule has 0 spiro atoms.